The second-order valence-electron chi connectivity index (χ2n) is 8.79. The number of hydrogen-bond donors (Lipinski definition) is 1. The lowest BCUT2D eigenvalue weighted by Gasteiger charge is -2.36. The monoisotopic (exact) mass is 475 g/mol. The molecular formula is C23H27Cl2N3O2Si. The van der Waals surface area contributed by atoms with Crippen LogP contribution in [-0.4, -0.2) is 18.3 Å². The smallest absolute Gasteiger partial charge is 0.250 e. The molecule has 3 rings (SSSR count). The van der Waals surface area contributed by atoms with E-state index in [1.54, 1.807) is 24.5 Å². The van der Waals surface area contributed by atoms with E-state index < -0.39 is 8.32 Å². The van der Waals surface area contributed by atoms with Gasteiger partial charge in [-0.05, 0) is 60.6 Å². The van der Waals surface area contributed by atoms with E-state index in [1.165, 1.54) is 0 Å². The van der Waals surface area contributed by atoms with Crippen molar-refractivity contribution in [1.82, 2.24) is 9.97 Å². The molecule has 0 spiro atoms. The van der Waals surface area contributed by atoms with E-state index >= 15 is 0 Å². The van der Waals surface area contributed by atoms with Gasteiger partial charge in [-0.2, -0.15) is 0 Å². The van der Waals surface area contributed by atoms with E-state index in [0.29, 0.717) is 22.6 Å². The molecule has 0 bridgehead atoms. The molecule has 164 valence electrons. The fraction of sp³-hybridized carbons (Fsp3) is 0.304. The molecule has 0 saturated carbocycles. The van der Waals surface area contributed by atoms with Crippen LogP contribution in [0.1, 0.15) is 26.3 Å². The van der Waals surface area contributed by atoms with Crippen LogP contribution in [0, 0.1) is 0 Å². The zero-order valence-electron chi connectivity index (χ0n) is 18.4. The number of nitrogens with zero attached hydrogens (tertiary/aromatic N) is 2. The van der Waals surface area contributed by atoms with Gasteiger partial charge in [-0.15, -0.1) is 0 Å². The van der Waals surface area contributed by atoms with Gasteiger partial charge in [0.1, 0.15) is 18.1 Å². The van der Waals surface area contributed by atoms with Gasteiger partial charge in [-0.25, -0.2) is 9.97 Å². The minimum atomic E-state index is -1.85. The van der Waals surface area contributed by atoms with Crippen LogP contribution in [0.3, 0.4) is 0 Å². The van der Waals surface area contributed by atoms with Crippen LogP contribution in [0.5, 0.6) is 11.5 Å². The summed E-state index contributed by atoms with van der Waals surface area (Å²) in [5.41, 5.74) is 1.62. The third-order valence-corrected chi connectivity index (χ3v) is 10.4. The summed E-state index contributed by atoms with van der Waals surface area (Å²) >= 11 is 12.0. The fourth-order valence-electron chi connectivity index (χ4n) is 2.42. The van der Waals surface area contributed by atoms with E-state index in [1.807, 2.05) is 30.3 Å². The predicted octanol–water partition coefficient (Wildman–Crippen LogP) is 7.49. The fourth-order valence-corrected chi connectivity index (χ4v) is 3.74. The first-order valence-electron chi connectivity index (χ1n) is 9.98. The maximum atomic E-state index is 6.30. The lowest BCUT2D eigenvalue weighted by molar-refractivity contribution is 0.305. The third kappa shape index (κ3) is 6.35. The Balaban J connectivity index is 1.54. The van der Waals surface area contributed by atoms with E-state index in [4.69, 9.17) is 32.4 Å². The summed E-state index contributed by atoms with van der Waals surface area (Å²) in [4.78, 5) is 8.64. The van der Waals surface area contributed by atoms with Crippen molar-refractivity contribution >= 4 is 43.2 Å². The molecule has 0 atom stereocenters. The molecule has 1 heterocycles. The van der Waals surface area contributed by atoms with E-state index in [9.17, 15) is 0 Å². The standard InChI is InChI=1S/C23H27Cl2N3O2Si/c1-23(2,3)31(4,5)30-19-9-7-18(8-10-19)29-15-16-13-26-22(27-14-16)28-17-6-11-20(24)21(25)12-17/h6-14H,15H2,1-5H3,(H,26,27,28). The van der Waals surface area contributed by atoms with Gasteiger partial charge in [0.15, 0.2) is 0 Å². The quantitative estimate of drug-likeness (QED) is 0.358. The number of halogens is 2. The van der Waals surface area contributed by atoms with E-state index in [0.717, 1.165) is 22.7 Å². The molecule has 31 heavy (non-hydrogen) atoms. The normalized spacial score (nSPS) is 11.8. The molecule has 0 aliphatic rings. The van der Waals surface area contributed by atoms with Crippen molar-refractivity contribution in [2.75, 3.05) is 5.32 Å². The first kappa shape index (κ1) is 23.4. The number of benzene rings is 2. The highest BCUT2D eigenvalue weighted by atomic mass is 35.5. The van der Waals surface area contributed by atoms with E-state index in [2.05, 4.69) is 49.1 Å². The summed E-state index contributed by atoms with van der Waals surface area (Å²) in [6.07, 6.45) is 3.45. The predicted molar refractivity (Wildman–Crippen MR) is 130 cm³/mol. The van der Waals surface area contributed by atoms with Crippen LogP contribution in [0.4, 0.5) is 11.6 Å². The van der Waals surface area contributed by atoms with Crippen molar-refractivity contribution in [3.05, 3.63) is 70.5 Å². The zero-order chi connectivity index (χ0) is 22.6. The second kappa shape index (κ2) is 9.47. The Morgan fingerprint density at radius 1 is 0.903 bits per heavy atom. The number of rotatable bonds is 7. The summed E-state index contributed by atoms with van der Waals surface area (Å²) in [6.45, 7) is 11.5. The van der Waals surface area contributed by atoms with Gasteiger partial charge in [-0.3, -0.25) is 0 Å². The average molecular weight is 476 g/mol. The highest BCUT2D eigenvalue weighted by Crippen LogP contribution is 2.37. The summed E-state index contributed by atoms with van der Waals surface area (Å²) in [5.74, 6) is 2.11. The second-order valence-corrected chi connectivity index (χ2v) is 14.3. The van der Waals surface area contributed by atoms with E-state index in [-0.39, 0.29) is 5.04 Å². The largest absolute Gasteiger partial charge is 0.543 e. The number of nitrogens with one attached hydrogen (secondary N) is 1. The van der Waals surface area contributed by atoms with Crippen molar-refractivity contribution in [2.24, 2.45) is 0 Å². The van der Waals surface area contributed by atoms with Crippen molar-refractivity contribution in [2.45, 2.75) is 45.5 Å². The zero-order valence-corrected chi connectivity index (χ0v) is 20.9. The topological polar surface area (TPSA) is 56.3 Å². The Kier molecular flexibility index (Phi) is 7.14. The van der Waals surface area contributed by atoms with Gasteiger partial charge in [0.2, 0.25) is 14.3 Å². The molecule has 0 aliphatic heterocycles. The average Bonchev–Trinajstić information content (AvgIpc) is 2.70. The Labute approximate surface area is 194 Å². The lowest BCUT2D eigenvalue weighted by atomic mass is 10.2. The SMILES string of the molecule is CC(C)(C)[Si](C)(C)Oc1ccc(OCc2cnc(Nc3ccc(Cl)c(Cl)c3)nc2)cc1. The Morgan fingerprint density at radius 3 is 2.10 bits per heavy atom. The molecule has 1 aromatic heterocycles. The van der Waals surface area contributed by atoms with Gasteiger partial charge in [-0.1, -0.05) is 44.0 Å². The minimum Gasteiger partial charge on any atom is -0.543 e. The molecule has 0 fully saturated rings. The summed E-state index contributed by atoms with van der Waals surface area (Å²) in [5, 5.41) is 4.22. The number of ether oxygens (including phenoxy) is 1. The van der Waals surface area contributed by atoms with Crippen LogP contribution < -0.4 is 14.5 Å². The van der Waals surface area contributed by atoms with Crippen LogP contribution >= 0.6 is 23.2 Å². The molecular weight excluding hydrogens is 449 g/mol. The molecule has 3 aromatic rings. The van der Waals surface area contributed by atoms with Gasteiger partial charge in [0.05, 0.1) is 10.0 Å². The van der Waals surface area contributed by atoms with Gasteiger partial charge < -0.3 is 14.5 Å². The molecule has 0 saturated heterocycles. The maximum Gasteiger partial charge on any atom is 0.250 e. The maximum absolute atomic E-state index is 6.30. The van der Waals surface area contributed by atoms with Gasteiger partial charge in [0.25, 0.3) is 0 Å². The lowest BCUT2D eigenvalue weighted by Crippen LogP contribution is -2.43. The van der Waals surface area contributed by atoms with Crippen molar-refractivity contribution in [3.63, 3.8) is 0 Å². The van der Waals surface area contributed by atoms with Gasteiger partial charge in [0, 0.05) is 23.6 Å². The van der Waals surface area contributed by atoms with Gasteiger partial charge >= 0.3 is 0 Å². The highest BCUT2D eigenvalue weighted by molar-refractivity contribution is 6.74. The first-order chi connectivity index (χ1) is 14.5. The molecule has 5 nitrogen and oxygen atoms in total. The molecule has 0 unspecified atom stereocenters. The van der Waals surface area contributed by atoms with Crippen molar-refractivity contribution < 1.29 is 9.16 Å². The Hall–Kier alpha value is -2.28. The van der Waals surface area contributed by atoms with Crippen LogP contribution in [-0.2, 0) is 6.61 Å². The molecule has 0 aliphatic carbocycles. The number of anilines is 2. The van der Waals surface area contributed by atoms with Crippen LogP contribution in [0.25, 0.3) is 0 Å². The van der Waals surface area contributed by atoms with Crippen LogP contribution in [0.2, 0.25) is 28.2 Å². The molecule has 1 N–H and O–H groups in total. The molecule has 0 amide bonds. The minimum absolute atomic E-state index is 0.156. The summed E-state index contributed by atoms with van der Waals surface area (Å²) in [7, 11) is -1.85. The Morgan fingerprint density at radius 2 is 1.52 bits per heavy atom. The first-order valence-corrected chi connectivity index (χ1v) is 13.6. The van der Waals surface area contributed by atoms with Crippen molar-refractivity contribution in [3.8, 4) is 11.5 Å². The molecule has 0 radical (unpaired) electrons. The third-order valence-electron chi connectivity index (χ3n) is 5.29. The number of aromatic nitrogens is 2. The molecule has 8 heteroatoms. The summed E-state index contributed by atoms with van der Waals surface area (Å²) in [6, 6.07) is 13.0. The van der Waals surface area contributed by atoms with Crippen molar-refractivity contribution in [1.29, 1.82) is 0 Å². The molecule has 2 aromatic carbocycles. The summed E-state index contributed by atoms with van der Waals surface area (Å²) < 4.78 is 12.2. The number of hydrogen-bond acceptors (Lipinski definition) is 5. The van der Waals surface area contributed by atoms with Crippen LogP contribution in [0.15, 0.2) is 54.9 Å². The highest BCUT2D eigenvalue weighted by Gasteiger charge is 2.38. The Bertz CT molecular complexity index is 1020.